The Morgan fingerprint density at radius 3 is 2.44 bits per heavy atom. The Hall–Kier alpha value is -2.32. The van der Waals surface area contributed by atoms with Gasteiger partial charge in [0.05, 0.1) is 18.3 Å². The van der Waals surface area contributed by atoms with Gasteiger partial charge in [-0.3, -0.25) is 9.59 Å². The standard InChI is InChI=1S/C36H52O7/c1-27(2)41-34(38)17-9-4-3-8-16-30-31(33(26-32(30)37)43-36-19-11-13-25-40-36)23-22-29(42-35-18-10-12-24-39-35)21-20-28-14-6-5-7-15-28/h3,5-8,14-15,22-23,27,29-31,33,35-36H,4,9-13,16-21,24-26H2,1-2H3/b8-3-,23-22+/t29-,30+,31+,33-,35?,36?/m0/s1. The van der Waals surface area contributed by atoms with E-state index in [1.54, 1.807) is 0 Å². The summed E-state index contributed by atoms with van der Waals surface area (Å²) in [5.74, 6) is -0.142. The largest absolute Gasteiger partial charge is 0.463 e. The molecule has 2 heterocycles. The smallest absolute Gasteiger partial charge is 0.306 e. The highest BCUT2D eigenvalue weighted by molar-refractivity contribution is 5.85. The van der Waals surface area contributed by atoms with E-state index < -0.39 is 0 Å². The van der Waals surface area contributed by atoms with Crippen LogP contribution in [0.3, 0.4) is 0 Å². The van der Waals surface area contributed by atoms with Gasteiger partial charge < -0.3 is 23.7 Å². The number of carbonyl (C=O) groups excluding carboxylic acids is 2. The molecular weight excluding hydrogens is 544 g/mol. The fraction of sp³-hybridized carbons (Fsp3) is 0.667. The predicted molar refractivity (Wildman–Crippen MR) is 166 cm³/mol. The molecule has 2 aliphatic heterocycles. The van der Waals surface area contributed by atoms with Crippen molar-refractivity contribution in [2.75, 3.05) is 13.2 Å². The van der Waals surface area contributed by atoms with E-state index in [2.05, 4.69) is 48.6 Å². The Bertz CT molecular complexity index is 1010. The average Bonchev–Trinajstić information content (AvgIpc) is 3.30. The van der Waals surface area contributed by atoms with E-state index in [1.165, 1.54) is 5.56 Å². The number of hydrogen-bond acceptors (Lipinski definition) is 7. The van der Waals surface area contributed by atoms with Crippen LogP contribution in [0.1, 0.15) is 96.5 Å². The molecule has 3 aliphatic rings. The molecule has 1 aliphatic carbocycles. The highest BCUT2D eigenvalue weighted by Crippen LogP contribution is 2.37. The molecule has 0 amide bonds. The van der Waals surface area contributed by atoms with Gasteiger partial charge in [0.1, 0.15) is 5.78 Å². The number of Topliss-reactive ketones (excluding diaryl/α,β-unsaturated/α-hetero) is 1. The summed E-state index contributed by atoms with van der Waals surface area (Å²) in [7, 11) is 0. The number of unbranched alkanes of at least 4 members (excludes halogenated alkanes) is 1. The second-order valence-electron chi connectivity index (χ2n) is 12.3. The van der Waals surface area contributed by atoms with Gasteiger partial charge in [0, 0.05) is 37.9 Å². The first-order chi connectivity index (χ1) is 21.0. The van der Waals surface area contributed by atoms with Gasteiger partial charge in [-0.25, -0.2) is 0 Å². The summed E-state index contributed by atoms with van der Waals surface area (Å²) < 4.78 is 30.0. The molecule has 43 heavy (non-hydrogen) atoms. The van der Waals surface area contributed by atoms with Crippen LogP contribution >= 0.6 is 0 Å². The fourth-order valence-electron chi connectivity index (χ4n) is 6.13. The third kappa shape index (κ3) is 11.9. The van der Waals surface area contributed by atoms with Crippen molar-refractivity contribution in [3.63, 3.8) is 0 Å². The Morgan fingerprint density at radius 1 is 1.00 bits per heavy atom. The molecule has 3 fully saturated rings. The van der Waals surface area contributed by atoms with Crippen LogP contribution in [0.15, 0.2) is 54.6 Å². The van der Waals surface area contributed by atoms with Gasteiger partial charge in [-0.1, -0.05) is 54.6 Å². The maximum Gasteiger partial charge on any atom is 0.306 e. The van der Waals surface area contributed by atoms with E-state index in [4.69, 9.17) is 23.7 Å². The first kappa shape index (κ1) is 33.6. The van der Waals surface area contributed by atoms with E-state index in [0.717, 1.165) is 70.8 Å². The number of ketones is 1. The normalized spacial score (nSPS) is 27.3. The zero-order valence-electron chi connectivity index (χ0n) is 26.2. The Balaban J connectivity index is 1.41. The number of esters is 1. The predicted octanol–water partition coefficient (Wildman–Crippen LogP) is 7.27. The zero-order chi connectivity index (χ0) is 30.3. The second kappa shape index (κ2) is 18.5. The van der Waals surface area contributed by atoms with Gasteiger partial charge >= 0.3 is 5.97 Å². The van der Waals surface area contributed by atoms with Crippen LogP contribution in [0.25, 0.3) is 0 Å². The Morgan fingerprint density at radius 2 is 1.74 bits per heavy atom. The van der Waals surface area contributed by atoms with Crippen molar-refractivity contribution in [3.05, 3.63) is 60.2 Å². The van der Waals surface area contributed by atoms with Crippen LogP contribution < -0.4 is 0 Å². The zero-order valence-corrected chi connectivity index (χ0v) is 26.2. The number of carbonyl (C=O) groups is 2. The maximum absolute atomic E-state index is 13.3. The number of rotatable bonds is 16. The van der Waals surface area contributed by atoms with Crippen LogP contribution in [0.5, 0.6) is 0 Å². The third-order valence-electron chi connectivity index (χ3n) is 8.42. The van der Waals surface area contributed by atoms with Crippen molar-refractivity contribution in [1.82, 2.24) is 0 Å². The van der Waals surface area contributed by atoms with Crippen LogP contribution in [0.4, 0.5) is 0 Å². The Labute approximate surface area is 258 Å². The molecule has 0 bridgehead atoms. The van der Waals surface area contributed by atoms with Gasteiger partial charge in [-0.05, 0) is 90.0 Å². The van der Waals surface area contributed by atoms with Crippen molar-refractivity contribution >= 4 is 11.8 Å². The first-order valence-electron chi connectivity index (χ1n) is 16.6. The lowest BCUT2D eigenvalue weighted by Gasteiger charge is -2.29. The lowest BCUT2D eigenvalue weighted by atomic mass is 9.90. The van der Waals surface area contributed by atoms with E-state index >= 15 is 0 Å². The summed E-state index contributed by atoms with van der Waals surface area (Å²) in [6.45, 7) is 5.17. The molecule has 2 unspecified atom stereocenters. The van der Waals surface area contributed by atoms with E-state index in [0.29, 0.717) is 25.9 Å². The lowest BCUT2D eigenvalue weighted by Crippen LogP contribution is -2.31. The monoisotopic (exact) mass is 596 g/mol. The van der Waals surface area contributed by atoms with Gasteiger partial charge in [0.2, 0.25) is 0 Å². The third-order valence-corrected chi connectivity index (χ3v) is 8.42. The molecule has 6 atom stereocenters. The molecule has 1 saturated carbocycles. The number of ether oxygens (including phenoxy) is 5. The van der Waals surface area contributed by atoms with Crippen LogP contribution in [0.2, 0.25) is 0 Å². The van der Waals surface area contributed by atoms with Gasteiger partial charge in [0.15, 0.2) is 12.6 Å². The van der Waals surface area contributed by atoms with E-state index in [1.807, 2.05) is 19.9 Å². The van der Waals surface area contributed by atoms with Crippen molar-refractivity contribution < 1.29 is 33.3 Å². The average molecular weight is 597 g/mol. The second-order valence-corrected chi connectivity index (χ2v) is 12.3. The van der Waals surface area contributed by atoms with Crippen molar-refractivity contribution in [2.45, 2.75) is 128 Å². The minimum Gasteiger partial charge on any atom is -0.463 e. The molecule has 1 aromatic carbocycles. The molecule has 0 aromatic heterocycles. The van der Waals surface area contributed by atoms with Crippen molar-refractivity contribution in [1.29, 1.82) is 0 Å². The fourth-order valence-corrected chi connectivity index (χ4v) is 6.13. The summed E-state index contributed by atoms with van der Waals surface area (Å²) in [6, 6.07) is 10.5. The summed E-state index contributed by atoms with van der Waals surface area (Å²) in [5.41, 5.74) is 1.28. The quantitative estimate of drug-likeness (QED) is 0.113. The molecule has 0 radical (unpaired) electrons. The molecule has 7 heteroatoms. The van der Waals surface area contributed by atoms with Gasteiger partial charge in [-0.2, -0.15) is 0 Å². The SMILES string of the molecule is CC(C)OC(=O)CCC/C=C\C[C@H]1C(=O)C[C@H](OC2CCCCO2)[C@@H]1/C=C/[C@H](CCc1ccccc1)OC1CCCCO1. The molecule has 2 saturated heterocycles. The van der Waals surface area contributed by atoms with Crippen LogP contribution in [-0.2, 0) is 39.7 Å². The molecule has 7 nitrogen and oxygen atoms in total. The topological polar surface area (TPSA) is 80.3 Å². The summed E-state index contributed by atoms with van der Waals surface area (Å²) in [5, 5.41) is 0. The minimum atomic E-state index is -0.247. The van der Waals surface area contributed by atoms with Crippen molar-refractivity contribution in [3.8, 4) is 0 Å². The van der Waals surface area contributed by atoms with Crippen molar-refractivity contribution in [2.24, 2.45) is 11.8 Å². The first-order valence-corrected chi connectivity index (χ1v) is 16.6. The molecule has 0 spiro atoms. The molecular formula is C36H52O7. The van der Waals surface area contributed by atoms with Gasteiger partial charge in [0.25, 0.3) is 0 Å². The minimum absolute atomic E-state index is 0.0567. The molecule has 0 N–H and O–H groups in total. The van der Waals surface area contributed by atoms with E-state index in [9.17, 15) is 9.59 Å². The number of aryl methyl sites for hydroxylation is 1. The summed E-state index contributed by atoms with van der Waals surface area (Å²) in [4.78, 5) is 25.1. The highest BCUT2D eigenvalue weighted by atomic mass is 16.7. The van der Waals surface area contributed by atoms with Crippen LogP contribution in [-0.4, -0.2) is 55.9 Å². The summed E-state index contributed by atoms with van der Waals surface area (Å²) >= 11 is 0. The van der Waals surface area contributed by atoms with Crippen LogP contribution in [0, 0.1) is 11.8 Å². The summed E-state index contributed by atoms with van der Waals surface area (Å²) in [6.07, 6.45) is 18.5. The molecule has 238 valence electrons. The number of benzene rings is 1. The highest BCUT2D eigenvalue weighted by Gasteiger charge is 2.42. The molecule has 4 rings (SSSR count). The number of allylic oxidation sites excluding steroid dienone is 2. The maximum atomic E-state index is 13.3. The van der Waals surface area contributed by atoms with E-state index in [-0.39, 0.29) is 54.5 Å². The lowest BCUT2D eigenvalue weighted by molar-refractivity contribution is -0.192. The number of hydrogen-bond donors (Lipinski definition) is 0. The molecule has 1 aromatic rings. The van der Waals surface area contributed by atoms with Gasteiger partial charge in [-0.15, -0.1) is 0 Å². The Kier molecular flexibility index (Phi) is 14.4.